The summed E-state index contributed by atoms with van der Waals surface area (Å²) >= 11 is 0. The van der Waals surface area contributed by atoms with Crippen LogP contribution in [0.3, 0.4) is 0 Å². The van der Waals surface area contributed by atoms with Crippen LogP contribution in [0.4, 0.5) is 0 Å². The van der Waals surface area contributed by atoms with E-state index in [4.69, 9.17) is 10.2 Å². The highest BCUT2D eigenvalue weighted by Gasteiger charge is 2.47. The van der Waals surface area contributed by atoms with Crippen molar-refractivity contribution in [1.29, 1.82) is 0 Å². The molecule has 0 radical (unpaired) electrons. The Morgan fingerprint density at radius 1 is 1.33 bits per heavy atom. The number of hydrogen-bond donors (Lipinski definition) is 3. The van der Waals surface area contributed by atoms with Crippen LogP contribution in [-0.2, 0) is 9.59 Å². The molecule has 0 aromatic carbocycles. The molecule has 5 nitrogen and oxygen atoms in total. The van der Waals surface area contributed by atoms with Crippen molar-refractivity contribution in [2.24, 2.45) is 5.92 Å². The van der Waals surface area contributed by atoms with Gasteiger partial charge in [-0.15, -0.1) is 0 Å². The van der Waals surface area contributed by atoms with Gasteiger partial charge in [-0.2, -0.15) is 0 Å². The predicted molar refractivity (Wildman–Crippen MR) is 51.2 cm³/mol. The van der Waals surface area contributed by atoms with Crippen LogP contribution < -0.4 is 0 Å². The molecule has 0 saturated carbocycles. The molecular weight excluding hydrogens is 200 g/mol. The summed E-state index contributed by atoms with van der Waals surface area (Å²) in [6.45, 7) is 2.84. The lowest BCUT2D eigenvalue weighted by Gasteiger charge is -2.33. The molecule has 3 N–H and O–H groups in total. The summed E-state index contributed by atoms with van der Waals surface area (Å²) in [5.74, 6) is -3.63. The lowest BCUT2D eigenvalue weighted by Crippen LogP contribution is -2.48. The first kappa shape index (κ1) is 11.5. The van der Waals surface area contributed by atoms with Gasteiger partial charge in [0.25, 0.3) is 0 Å². The second kappa shape index (κ2) is 3.51. The smallest absolute Gasteiger partial charge is 0.340 e. The van der Waals surface area contributed by atoms with E-state index in [-0.39, 0.29) is 11.1 Å². The van der Waals surface area contributed by atoms with Crippen LogP contribution >= 0.6 is 0 Å². The van der Waals surface area contributed by atoms with Crippen molar-refractivity contribution in [3.8, 4) is 0 Å². The molecular formula is C10H12O5. The summed E-state index contributed by atoms with van der Waals surface area (Å²) in [5, 5.41) is 27.7. The Morgan fingerprint density at radius 3 is 2.27 bits per heavy atom. The van der Waals surface area contributed by atoms with Gasteiger partial charge in [0.1, 0.15) is 0 Å². The van der Waals surface area contributed by atoms with E-state index in [1.165, 1.54) is 26.0 Å². The molecule has 0 heterocycles. The molecule has 1 aliphatic rings. The van der Waals surface area contributed by atoms with Gasteiger partial charge in [-0.05, 0) is 12.5 Å². The maximum Gasteiger partial charge on any atom is 0.340 e. The Kier molecular flexibility index (Phi) is 2.68. The Morgan fingerprint density at radius 2 is 1.87 bits per heavy atom. The molecule has 0 aliphatic heterocycles. The van der Waals surface area contributed by atoms with Crippen LogP contribution in [0.2, 0.25) is 0 Å². The molecule has 15 heavy (non-hydrogen) atoms. The molecule has 0 bridgehead atoms. The number of carboxylic acids is 2. The lowest BCUT2D eigenvalue weighted by atomic mass is 9.75. The number of aliphatic carboxylic acids is 2. The third kappa shape index (κ3) is 1.55. The Balaban J connectivity index is 3.27. The van der Waals surface area contributed by atoms with Gasteiger partial charge >= 0.3 is 11.9 Å². The van der Waals surface area contributed by atoms with Gasteiger partial charge in [0.05, 0.1) is 0 Å². The minimum absolute atomic E-state index is 0.106. The molecule has 0 amide bonds. The molecule has 82 valence electrons. The second-order valence-corrected chi connectivity index (χ2v) is 3.57. The van der Waals surface area contributed by atoms with Crippen LogP contribution in [0, 0.1) is 5.92 Å². The maximum atomic E-state index is 11.0. The van der Waals surface area contributed by atoms with Crippen molar-refractivity contribution in [3.05, 3.63) is 23.3 Å². The monoisotopic (exact) mass is 212 g/mol. The first-order valence-electron chi connectivity index (χ1n) is 4.39. The van der Waals surface area contributed by atoms with E-state index in [1.807, 2.05) is 0 Å². The Labute approximate surface area is 86.3 Å². The summed E-state index contributed by atoms with van der Waals surface area (Å²) in [6, 6.07) is 0. The van der Waals surface area contributed by atoms with Crippen molar-refractivity contribution < 1.29 is 24.9 Å². The van der Waals surface area contributed by atoms with Gasteiger partial charge in [-0.3, -0.25) is 0 Å². The highest BCUT2D eigenvalue weighted by atomic mass is 16.4. The van der Waals surface area contributed by atoms with Gasteiger partial charge in [-0.25, -0.2) is 9.59 Å². The zero-order valence-corrected chi connectivity index (χ0v) is 8.39. The maximum absolute atomic E-state index is 11.0. The highest BCUT2D eigenvalue weighted by Crippen LogP contribution is 2.35. The number of rotatable bonds is 2. The van der Waals surface area contributed by atoms with E-state index >= 15 is 0 Å². The molecule has 0 fully saturated rings. The number of hydrogen-bond acceptors (Lipinski definition) is 3. The molecule has 5 heteroatoms. The van der Waals surface area contributed by atoms with Crippen LogP contribution in [0.25, 0.3) is 0 Å². The standard InChI is InChI=1S/C10H12O5/c1-5-3-4-7(8(11)12)6(2)10(5,15)9(13)14/h3-4,6,15H,1-2H3,(H,11,12)(H,13,14). The average Bonchev–Trinajstić information content (AvgIpc) is 2.13. The predicted octanol–water partition coefficient (Wildman–Crippen LogP) is 0.409. The van der Waals surface area contributed by atoms with Gasteiger partial charge in [0.15, 0.2) is 5.60 Å². The van der Waals surface area contributed by atoms with Gasteiger partial charge in [0, 0.05) is 11.5 Å². The summed E-state index contributed by atoms with van der Waals surface area (Å²) in [5.41, 5.74) is -2.00. The number of allylic oxidation sites excluding steroid dienone is 2. The number of carboxylic acid groups (broad SMARTS) is 2. The van der Waals surface area contributed by atoms with Crippen molar-refractivity contribution in [1.82, 2.24) is 0 Å². The van der Waals surface area contributed by atoms with E-state index in [0.29, 0.717) is 0 Å². The minimum atomic E-state index is -2.12. The topological polar surface area (TPSA) is 94.8 Å². The SMILES string of the molecule is CC1=CC=C(C(=O)O)C(C)C1(O)C(=O)O. The molecule has 1 rings (SSSR count). The van der Waals surface area contributed by atoms with E-state index in [0.717, 1.165) is 0 Å². The fraction of sp³-hybridized carbons (Fsp3) is 0.400. The number of aliphatic hydroxyl groups is 1. The summed E-state index contributed by atoms with van der Waals surface area (Å²) in [7, 11) is 0. The summed E-state index contributed by atoms with van der Waals surface area (Å²) in [4.78, 5) is 21.7. The van der Waals surface area contributed by atoms with Crippen molar-refractivity contribution >= 4 is 11.9 Å². The van der Waals surface area contributed by atoms with Crippen molar-refractivity contribution in [3.63, 3.8) is 0 Å². The van der Waals surface area contributed by atoms with E-state index < -0.39 is 23.5 Å². The van der Waals surface area contributed by atoms with Gasteiger partial charge in [-0.1, -0.05) is 19.1 Å². The van der Waals surface area contributed by atoms with Gasteiger partial charge in [0.2, 0.25) is 0 Å². The first-order chi connectivity index (χ1) is 6.81. The summed E-state index contributed by atoms with van der Waals surface area (Å²) < 4.78 is 0. The van der Waals surface area contributed by atoms with Crippen LogP contribution in [0.5, 0.6) is 0 Å². The molecule has 2 atom stereocenters. The zero-order chi connectivity index (χ0) is 11.8. The highest BCUT2D eigenvalue weighted by molar-refractivity contribution is 5.92. The number of carbonyl (C=O) groups is 2. The normalized spacial score (nSPS) is 30.5. The van der Waals surface area contributed by atoms with Crippen LogP contribution in [-0.4, -0.2) is 32.9 Å². The second-order valence-electron chi connectivity index (χ2n) is 3.57. The van der Waals surface area contributed by atoms with E-state index in [9.17, 15) is 14.7 Å². The van der Waals surface area contributed by atoms with Crippen LogP contribution in [0.15, 0.2) is 23.3 Å². The van der Waals surface area contributed by atoms with Crippen molar-refractivity contribution in [2.45, 2.75) is 19.4 Å². The fourth-order valence-electron chi connectivity index (χ4n) is 1.66. The lowest BCUT2D eigenvalue weighted by molar-refractivity contribution is -0.158. The Bertz CT molecular complexity index is 379. The molecule has 0 spiro atoms. The summed E-state index contributed by atoms with van der Waals surface area (Å²) in [6.07, 6.45) is 2.64. The van der Waals surface area contributed by atoms with Crippen LogP contribution in [0.1, 0.15) is 13.8 Å². The third-order valence-electron chi connectivity index (χ3n) is 2.78. The molecule has 0 aromatic rings. The van der Waals surface area contributed by atoms with E-state index in [1.54, 1.807) is 0 Å². The minimum Gasteiger partial charge on any atom is -0.479 e. The fourth-order valence-corrected chi connectivity index (χ4v) is 1.66. The first-order valence-corrected chi connectivity index (χ1v) is 4.39. The molecule has 0 saturated heterocycles. The van der Waals surface area contributed by atoms with E-state index in [2.05, 4.69) is 0 Å². The Hall–Kier alpha value is -1.62. The quantitative estimate of drug-likeness (QED) is 0.616. The zero-order valence-electron chi connectivity index (χ0n) is 8.39. The molecule has 2 unspecified atom stereocenters. The largest absolute Gasteiger partial charge is 0.479 e. The molecule has 1 aliphatic carbocycles. The van der Waals surface area contributed by atoms with Gasteiger partial charge < -0.3 is 15.3 Å². The van der Waals surface area contributed by atoms with Crippen molar-refractivity contribution in [2.75, 3.05) is 0 Å². The average molecular weight is 212 g/mol. The molecule has 0 aromatic heterocycles. The third-order valence-corrected chi connectivity index (χ3v) is 2.78.